The van der Waals surface area contributed by atoms with Gasteiger partial charge in [0.15, 0.2) is 5.88 Å². The molecule has 0 saturated heterocycles. The summed E-state index contributed by atoms with van der Waals surface area (Å²) in [5.41, 5.74) is 3.12. The predicted molar refractivity (Wildman–Crippen MR) is 113 cm³/mol. The zero-order chi connectivity index (χ0) is 19.8. The fourth-order valence-electron chi connectivity index (χ4n) is 3.79. The van der Waals surface area contributed by atoms with Gasteiger partial charge in [0.1, 0.15) is 5.69 Å². The number of amides is 1. The molecule has 0 spiro atoms. The van der Waals surface area contributed by atoms with Crippen LogP contribution in [0.4, 0.5) is 0 Å². The molecule has 0 bridgehead atoms. The second-order valence-corrected chi connectivity index (χ2v) is 7.47. The van der Waals surface area contributed by atoms with Gasteiger partial charge in [0.05, 0.1) is 0 Å². The molecule has 2 aromatic carbocycles. The summed E-state index contributed by atoms with van der Waals surface area (Å²) in [6.45, 7) is 0.389. The van der Waals surface area contributed by atoms with Crippen molar-refractivity contribution in [1.82, 2.24) is 14.9 Å². The number of aromatic nitrogens is 2. The predicted octanol–water partition coefficient (Wildman–Crippen LogP) is 4.67. The number of carbonyl (C=O) groups excluding carboxylic acids is 1. The Bertz CT molecular complexity index is 1190. The maximum Gasteiger partial charge on any atom is 0.268 e. The Labute approximate surface area is 168 Å². The number of nitrogens with one attached hydrogen (secondary N) is 1. The molecule has 1 amide bonds. The average Bonchev–Trinajstić information content (AvgIpc) is 3.54. The van der Waals surface area contributed by atoms with E-state index in [0.717, 1.165) is 40.3 Å². The topological polar surface area (TPSA) is 67.2 Å². The van der Waals surface area contributed by atoms with Crippen molar-refractivity contribution in [2.45, 2.75) is 25.4 Å². The third-order valence-electron chi connectivity index (χ3n) is 5.38. The molecule has 1 aliphatic carbocycles. The van der Waals surface area contributed by atoms with Crippen LogP contribution in [0, 0.1) is 0 Å². The molecule has 144 valence electrons. The van der Waals surface area contributed by atoms with Gasteiger partial charge in [-0.15, -0.1) is 0 Å². The van der Waals surface area contributed by atoms with E-state index in [-0.39, 0.29) is 17.8 Å². The van der Waals surface area contributed by atoms with Crippen LogP contribution in [0.5, 0.6) is 5.88 Å². The summed E-state index contributed by atoms with van der Waals surface area (Å²) in [5, 5.41) is 15.8. The first-order valence-electron chi connectivity index (χ1n) is 9.81. The third kappa shape index (κ3) is 3.36. The number of aromatic hydroxyl groups is 1. The van der Waals surface area contributed by atoms with Crippen LogP contribution in [0.1, 0.15) is 34.9 Å². The fraction of sp³-hybridized carbons (Fsp3) is 0.167. The minimum atomic E-state index is -0.191. The number of fused-ring (bicyclic) bond motifs is 1. The first-order valence-corrected chi connectivity index (χ1v) is 9.81. The van der Waals surface area contributed by atoms with Crippen LogP contribution in [0.15, 0.2) is 73.1 Å². The molecular formula is C24H21N3O2. The van der Waals surface area contributed by atoms with Crippen molar-refractivity contribution in [2.75, 3.05) is 0 Å². The summed E-state index contributed by atoms with van der Waals surface area (Å²) in [5.74, 6) is -0.0496. The molecule has 2 N–H and O–H groups in total. The van der Waals surface area contributed by atoms with E-state index < -0.39 is 0 Å². The third-order valence-corrected chi connectivity index (χ3v) is 5.38. The lowest BCUT2D eigenvalue weighted by Gasteiger charge is -2.12. The lowest BCUT2D eigenvalue weighted by Crippen LogP contribution is -2.26. The molecule has 1 aliphatic rings. The summed E-state index contributed by atoms with van der Waals surface area (Å²) in [6, 6.07) is 19.9. The van der Waals surface area contributed by atoms with Gasteiger partial charge in [-0.1, -0.05) is 42.5 Å². The number of hydrogen-bond acceptors (Lipinski definition) is 3. The Morgan fingerprint density at radius 3 is 2.66 bits per heavy atom. The Hall–Kier alpha value is -3.60. The summed E-state index contributed by atoms with van der Waals surface area (Å²) in [4.78, 5) is 17.3. The van der Waals surface area contributed by atoms with Gasteiger partial charge in [-0.3, -0.25) is 9.78 Å². The maximum atomic E-state index is 13.2. The lowest BCUT2D eigenvalue weighted by atomic mass is 10.0. The summed E-state index contributed by atoms with van der Waals surface area (Å²) in [6.07, 6.45) is 5.39. The van der Waals surface area contributed by atoms with E-state index in [0.29, 0.717) is 12.2 Å². The molecule has 5 rings (SSSR count). The van der Waals surface area contributed by atoms with Crippen LogP contribution in [-0.2, 0) is 6.54 Å². The largest absolute Gasteiger partial charge is 0.494 e. The summed E-state index contributed by atoms with van der Waals surface area (Å²) >= 11 is 0. The van der Waals surface area contributed by atoms with Gasteiger partial charge in [0, 0.05) is 36.6 Å². The highest BCUT2D eigenvalue weighted by Gasteiger charge is 2.32. The standard InChI is InChI=1S/C24H21N3O2/c28-22-13-21(19-8-7-17-5-1-2-6-18(17)12-19)23(27(22)20-9-10-20)24(29)26-15-16-4-3-11-25-14-16/h1-8,11-14,20,28H,9-10,15H2,(H,26,29). The minimum Gasteiger partial charge on any atom is -0.494 e. The summed E-state index contributed by atoms with van der Waals surface area (Å²) in [7, 11) is 0. The van der Waals surface area contributed by atoms with Crippen LogP contribution < -0.4 is 5.32 Å². The van der Waals surface area contributed by atoms with Gasteiger partial charge in [-0.25, -0.2) is 0 Å². The monoisotopic (exact) mass is 383 g/mol. The second kappa shape index (κ2) is 7.09. The average molecular weight is 383 g/mol. The van der Waals surface area contributed by atoms with E-state index in [2.05, 4.69) is 28.5 Å². The minimum absolute atomic E-state index is 0.141. The van der Waals surface area contributed by atoms with Crippen molar-refractivity contribution in [3.8, 4) is 17.0 Å². The zero-order valence-corrected chi connectivity index (χ0v) is 15.9. The highest BCUT2D eigenvalue weighted by molar-refractivity contribution is 6.01. The van der Waals surface area contributed by atoms with Crippen LogP contribution in [-0.4, -0.2) is 20.6 Å². The summed E-state index contributed by atoms with van der Waals surface area (Å²) < 4.78 is 1.78. The Kier molecular flexibility index (Phi) is 4.28. The number of pyridine rings is 1. The van der Waals surface area contributed by atoms with E-state index in [1.807, 2.05) is 36.4 Å². The smallest absolute Gasteiger partial charge is 0.268 e. The van der Waals surface area contributed by atoms with Crippen LogP contribution >= 0.6 is 0 Å². The molecule has 4 aromatic rings. The Morgan fingerprint density at radius 2 is 1.90 bits per heavy atom. The van der Waals surface area contributed by atoms with E-state index in [1.54, 1.807) is 23.0 Å². The van der Waals surface area contributed by atoms with Gasteiger partial charge >= 0.3 is 0 Å². The molecule has 5 heteroatoms. The van der Waals surface area contributed by atoms with Crippen molar-refractivity contribution in [3.05, 3.63) is 84.3 Å². The van der Waals surface area contributed by atoms with Crippen LogP contribution in [0.2, 0.25) is 0 Å². The molecule has 0 atom stereocenters. The Balaban J connectivity index is 1.55. The Morgan fingerprint density at radius 1 is 1.07 bits per heavy atom. The maximum absolute atomic E-state index is 13.2. The number of rotatable bonds is 5. The van der Waals surface area contributed by atoms with Crippen molar-refractivity contribution >= 4 is 16.7 Å². The lowest BCUT2D eigenvalue weighted by molar-refractivity contribution is 0.0940. The highest BCUT2D eigenvalue weighted by Crippen LogP contribution is 2.43. The molecule has 29 heavy (non-hydrogen) atoms. The zero-order valence-electron chi connectivity index (χ0n) is 15.9. The highest BCUT2D eigenvalue weighted by atomic mass is 16.3. The first kappa shape index (κ1) is 17.5. The van der Waals surface area contributed by atoms with Gasteiger partial charge in [0.2, 0.25) is 0 Å². The molecule has 1 saturated carbocycles. The SMILES string of the molecule is O=C(NCc1cccnc1)c1c(-c2ccc3ccccc3c2)cc(O)n1C1CC1. The van der Waals surface area contributed by atoms with Crippen molar-refractivity contribution < 1.29 is 9.90 Å². The fourth-order valence-corrected chi connectivity index (χ4v) is 3.79. The molecular weight excluding hydrogens is 362 g/mol. The molecule has 0 aliphatic heterocycles. The van der Waals surface area contributed by atoms with Crippen LogP contribution in [0.25, 0.3) is 21.9 Å². The second-order valence-electron chi connectivity index (χ2n) is 7.47. The van der Waals surface area contributed by atoms with E-state index >= 15 is 0 Å². The number of benzene rings is 2. The molecule has 0 unspecified atom stereocenters. The van der Waals surface area contributed by atoms with E-state index in [9.17, 15) is 9.90 Å². The molecule has 2 heterocycles. The van der Waals surface area contributed by atoms with Gasteiger partial charge < -0.3 is 15.0 Å². The quantitative estimate of drug-likeness (QED) is 0.526. The first-order chi connectivity index (χ1) is 14.2. The van der Waals surface area contributed by atoms with Crippen molar-refractivity contribution in [2.24, 2.45) is 0 Å². The van der Waals surface area contributed by atoms with Gasteiger partial charge in [-0.2, -0.15) is 0 Å². The van der Waals surface area contributed by atoms with E-state index in [4.69, 9.17) is 0 Å². The normalized spacial score (nSPS) is 13.5. The van der Waals surface area contributed by atoms with Crippen LogP contribution in [0.3, 0.4) is 0 Å². The molecule has 0 radical (unpaired) electrons. The van der Waals surface area contributed by atoms with E-state index in [1.165, 1.54) is 0 Å². The van der Waals surface area contributed by atoms with Crippen molar-refractivity contribution in [3.63, 3.8) is 0 Å². The molecule has 2 aromatic heterocycles. The van der Waals surface area contributed by atoms with Gasteiger partial charge in [0.25, 0.3) is 5.91 Å². The number of carbonyl (C=O) groups is 1. The number of hydrogen-bond donors (Lipinski definition) is 2. The molecule has 5 nitrogen and oxygen atoms in total. The van der Waals surface area contributed by atoms with Crippen molar-refractivity contribution in [1.29, 1.82) is 0 Å². The van der Waals surface area contributed by atoms with Gasteiger partial charge in [-0.05, 0) is 46.9 Å². The molecule has 1 fully saturated rings. The number of nitrogens with zero attached hydrogens (tertiary/aromatic N) is 2.